The highest BCUT2D eigenvalue weighted by Crippen LogP contribution is 2.45. The van der Waals surface area contributed by atoms with E-state index >= 15 is 0 Å². The van der Waals surface area contributed by atoms with E-state index in [1.807, 2.05) is 14.7 Å². The lowest BCUT2D eigenvalue weighted by Crippen LogP contribution is -2.29. The van der Waals surface area contributed by atoms with Crippen LogP contribution in [-0.2, 0) is 14.2 Å². The van der Waals surface area contributed by atoms with Gasteiger partial charge in [0.15, 0.2) is 0 Å². The van der Waals surface area contributed by atoms with E-state index in [-0.39, 0.29) is 17.3 Å². The molecule has 31 heavy (non-hydrogen) atoms. The minimum absolute atomic E-state index is 0.00546. The van der Waals surface area contributed by atoms with Gasteiger partial charge >= 0.3 is 7.82 Å². The Bertz CT molecular complexity index is 1070. The number of phosphoric acid groups is 1. The van der Waals surface area contributed by atoms with Gasteiger partial charge in [0.25, 0.3) is 0 Å². The van der Waals surface area contributed by atoms with Crippen LogP contribution in [0.3, 0.4) is 0 Å². The Kier molecular flexibility index (Phi) is 6.41. The Morgan fingerprint density at radius 1 is 0.839 bits per heavy atom. The van der Waals surface area contributed by atoms with E-state index in [0.29, 0.717) is 26.0 Å². The first-order chi connectivity index (χ1) is 14.6. The van der Waals surface area contributed by atoms with Crippen molar-refractivity contribution in [1.29, 1.82) is 0 Å². The summed E-state index contributed by atoms with van der Waals surface area (Å²) >= 11 is 9.58. The monoisotopic (exact) mass is 639 g/mol. The number of hydrogen-bond acceptors (Lipinski definition) is 7. The molecule has 1 aromatic rings. The van der Waals surface area contributed by atoms with E-state index in [9.17, 15) is 14.2 Å². The third-order valence-corrected chi connectivity index (χ3v) is 8.48. The van der Waals surface area contributed by atoms with Gasteiger partial charge in [-0.1, -0.05) is 0 Å². The molecule has 1 aromatic carbocycles. The molecule has 9 nitrogen and oxygen atoms in total. The zero-order valence-corrected chi connectivity index (χ0v) is 21.6. The van der Waals surface area contributed by atoms with Gasteiger partial charge in [0.1, 0.15) is 17.1 Å². The third-order valence-electron chi connectivity index (χ3n) is 4.71. The molecule has 0 spiro atoms. The Balaban J connectivity index is 0.000000153. The number of phosphoric ester groups is 1. The molecule has 0 aromatic heterocycles. The van der Waals surface area contributed by atoms with Crippen LogP contribution >= 0.6 is 55.6 Å². The summed E-state index contributed by atoms with van der Waals surface area (Å²) in [4.78, 5) is 47.7. The number of nitrogens with zero attached hydrogens (tertiary/aromatic N) is 3. The van der Waals surface area contributed by atoms with Crippen LogP contribution < -0.4 is 4.52 Å². The average Bonchev–Trinajstić information content (AvgIpc) is 3.55. The van der Waals surface area contributed by atoms with Crippen LogP contribution in [0.4, 0.5) is 0 Å². The van der Waals surface area contributed by atoms with Gasteiger partial charge < -0.3 is 19.2 Å². The minimum Gasteiger partial charge on any atom is -0.403 e. The molecule has 4 aliphatic rings. The largest absolute Gasteiger partial charge is 0.524 e. The fourth-order valence-electron chi connectivity index (χ4n) is 2.98. The van der Waals surface area contributed by atoms with Gasteiger partial charge in [0, 0.05) is 54.3 Å². The predicted octanol–water partition coefficient (Wildman–Crippen LogP) is 2.63. The fourth-order valence-corrected chi connectivity index (χ4v) is 4.87. The molecule has 0 amide bonds. The second-order valence-corrected chi connectivity index (χ2v) is 10.7. The van der Waals surface area contributed by atoms with Gasteiger partial charge in [-0.05, 0) is 59.9 Å². The Morgan fingerprint density at radius 3 is 1.90 bits per heavy atom. The zero-order chi connectivity index (χ0) is 22.5. The molecule has 3 aliphatic heterocycles. The van der Waals surface area contributed by atoms with E-state index < -0.39 is 7.82 Å². The van der Waals surface area contributed by atoms with Crippen molar-refractivity contribution in [2.75, 3.05) is 39.3 Å². The summed E-state index contributed by atoms with van der Waals surface area (Å²) in [5, 5.41) is 0. The zero-order valence-electron chi connectivity index (χ0n) is 15.9. The molecule has 3 heterocycles. The summed E-state index contributed by atoms with van der Waals surface area (Å²) < 4.78 is 16.8. The molecule has 5 rings (SSSR count). The quantitative estimate of drug-likeness (QED) is 0.217. The van der Waals surface area contributed by atoms with Gasteiger partial charge in [0.2, 0.25) is 11.6 Å². The number of rotatable bonds is 5. The molecule has 0 atom stereocenters. The summed E-state index contributed by atoms with van der Waals surface area (Å²) in [6.07, 6.45) is 1.52. The first kappa shape index (κ1) is 23.0. The lowest BCUT2D eigenvalue weighted by Gasteiger charge is -2.21. The summed E-state index contributed by atoms with van der Waals surface area (Å²) in [5.41, 5.74) is 1.89. The number of allylic oxidation sites excluding steroid dienone is 1. The fraction of sp³-hybridized carbons (Fsp3) is 0.333. The van der Waals surface area contributed by atoms with Crippen molar-refractivity contribution in [2.45, 2.75) is 0 Å². The van der Waals surface area contributed by atoms with Crippen LogP contribution in [0.25, 0.3) is 0 Å². The van der Waals surface area contributed by atoms with Crippen molar-refractivity contribution < 1.29 is 28.5 Å². The van der Waals surface area contributed by atoms with Gasteiger partial charge in [-0.15, -0.1) is 0 Å². The highest BCUT2D eigenvalue weighted by atomic mass is 79.9. The van der Waals surface area contributed by atoms with E-state index in [1.165, 1.54) is 12.1 Å². The van der Waals surface area contributed by atoms with E-state index in [0.717, 1.165) is 43.7 Å². The van der Waals surface area contributed by atoms with Gasteiger partial charge in [-0.2, -0.15) is 0 Å². The number of ketones is 2. The van der Waals surface area contributed by atoms with Crippen molar-refractivity contribution in [3.05, 3.63) is 48.7 Å². The molecule has 0 saturated carbocycles. The third kappa shape index (κ3) is 5.43. The van der Waals surface area contributed by atoms with Crippen molar-refractivity contribution in [2.24, 2.45) is 0 Å². The molecule has 13 heteroatoms. The van der Waals surface area contributed by atoms with Crippen LogP contribution in [0.1, 0.15) is 0 Å². The predicted molar refractivity (Wildman–Crippen MR) is 122 cm³/mol. The summed E-state index contributed by atoms with van der Waals surface area (Å²) in [6.45, 7) is 5.41. The van der Waals surface area contributed by atoms with Crippen LogP contribution in [-0.4, -0.2) is 75.3 Å². The van der Waals surface area contributed by atoms with Crippen LogP contribution in [0.5, 0.6) is 5.75 Å². The summed E-state index contributed by atoms with van der Waals surface area (Å²) in [7, 11) is -4.52. The number of benzene rings is 1. The SMILES string of the molecule is O=C1C=C(N2CC2)C(=O)C(N2CC2)=C1N1CC1.O=P(O)(O)Oc1ccc(Br)c(Br)c1Br. The highest BCUT2D eigenvalue weighted by Gasteiger charge is 2.43. The first-order valence-electron chi connectivity index (χ1n) is 9.25. The van der Waals surface area contributed by atoms with Crippen molar-refractivity contribution in [1.82, 2.24) is 14.7 Å². The molecule has 3 saturated heterocycles. The standard InChI is InChI=1S/C12H13N3O2.C6H4Br3O4P/c16-9-7-8(13-1-2-13)12(17)11(15-5-6-15)10(9)14-3-4-14;7-3-1-2-4(6(9)5(3)8)13-14(10,11)12/h7H,1-6H2;1-2H,(H2,10,11,12). The smallest absolute Gasteiger partial charge is 0.403 e. The molecular formula is C18H17Br3N3O6P. The van der Waals surface area contributed by atoms with Crippen molar-refractivity contribution >= 4 is 67.2 Å². The number of carbonyl (C=O) groups is 2. The first-order valence-corrected chi connectivity index (χ1v) is 13.2. The summed E-state index contributed by atoms with van der Waals surface area (Å²) in [5.74, 6) is 0.126. The van der Waals surface area contributed by atoms with Gasteiger partial charge in [-0.25, -0.2) is 4.57 Å². The minimum atomic E-state index is -4.52. The molecule has 2 N–H and O–H groups in total. The molecule has 0 radical (unpaired) electrons. The molecule has 1 aliphatic carbocycles. The topological polar surface area (TPSA) is 110 Å². The molecular weight excluding hydrogens is 625 g/mol. The maximum absolute atomic E-state index is 12.4. The Morgan fingerprint density at radius 2 is 1.39 bits per heavy atom. The maximum atomic E-state index is 12.4. The number of hydrogen-bond donors (Lipinski definition) is 2. The average molecular weight is 642 g/mol. The number of halogens is 3. The molecule has 0 bridgehead atoms. The second kappa shape index (κ2) is 8.64. The van der Waals surface area contributed by atoms with Crippen LogP contribution in [0.15, 0.2) is 48.7 Å². The summed E-state index contributed by atoms with van der Waals surface area (Å²) in [6, 6.07) is 3.05. The molecule has 0 unspecified atom stereocenters. The molecule has 166 valence electrons. The van der Waals surface area contributed by atoms with E-state index in [1.54, 1.807) is 6.07 Å². The van der Waals surface area contributed by atoms with Crippen LogP contribution in [0, 0.1) is 0 Å². The second-order valence-electron chi connectivity index (χ2n) is 7.14. The highest BCUT2D eigenvalue weighted by molar-refractivity contribution is 9.14. The number of Topliss-reactive ketones (excluding diaryl/α,β-unsaturated/α-hetero) is 1. The lowest BCUT2D eigenvalue weighted by molar-refractivity contribution is -0.117. The van der Waals surface area contributed by atoms with Crippen LogP contribution in [0.2, 0.25) is 0 Å². The van der Waals surface area contributed by atoms with E-state index in [4.69, 9.17) is 9.79 Å². The Hall–Kier alpha value is -1.17. The number of carbonyl (C=O) groups excluding carboxylic acids is 2. The van der Waals surface area contributed by atoms with Crippen molar-refractivity contribution in [3.8, 4) is 5.75 Å². The lowest BCUT2D eigenvalue weighted by atomic mass is 10.0. The normalized spacial score (nSPS) is 19.8. The van der Waals surface area contributed by atoms with Gasteiger partial charge in [0.05, 0.1) is 10.2 Å². The Labute approximate surface area is 203 Å². The molecule has 3 fully saturated rings. The van der Waals surface area contributed by atoms with Gasteiger partial charge in [-0.3, -0.25) is 19.4 Å². The van der Waals surface area contributed by atoms with Crippen molar-refractivity contribution in [3.63, 3.8) is 0 Å². The van der Waals surface area contributed by atoms with E-state index in [2.05, 4.69) is 52.3 Å². The maximum Gasteiger partial charge on any atom is 0.524 e.